The third-order valence-electron chi connectivity index (χ3n) is 3.54. The number of anilines is 1. The monoisotopic (exact) mass is 387 g/mol. The van der Waals surface area contributed by atoms with Crippen LogP contribution in [0.5, 0.6) is 5.75 Å². The van der Waals surface area contributed by atoms with E-state index in [1.807, 2.05) is 35.9 Å². The van der Waals surface area contributed by atoms with Gasteiger partial charge in [0.25, 0.3) is 5.91 Å². The van der Waals surface area contributed by atoms with Crippen molar-refractivity contribution >= 4 is 39.6 Å². The van der Waals surface area contributed by atoms with Crippen molar-refractivity contribution in [3.05, 3.63) is 51.5 Å². The van der Waals surface area contributed by atoms with Gasteiger partial charge in [0.05, 0.1) is 24.2 Å². The second-order valence-corrected chi connectivity index (χ2v) is 7.26. The molecule has 0 unspecified atom stereocenters. The van der Waals surface area contributed by atoms with Crippen LogP contribution in [0.3, 0.4) is 0 Å². The van der Waals surface area contributed by atoms with E-state index in [4.69, 9.17) is 4.74 Å². The summed E-state index contributed by atoms with van der Waals surface area (Å²) in [5.41, 5.74) is 2.69. The lowest BCUT2D eigenvalue weighted by Gasteiger charge is -2.07. The highest BCUT2D eigenvalue weighted by molar-refractivity contribution is 7.14. The molecule has 0 aliphatic rings. The van der Waals surface area contributed by atoms with Gasteiger partial charge in [0.15, 0.2) is 5.13 Å². The molecule has 1 aromatic carbocycles. The van der Waals surface area contributed by atoms with Gasteiger partial charge in [-0.05, 0) is 30.5 Å². The van der Waals surface area contributed by atoms with Crippen LogP contribution in [0.1, 0.15) is 15.2 Å². The first-order valence-electron chi connectivity index (χ1n) is 7.79. The maximum atomic E-state index is 12.0. The van der Waals surface area contributed by atoms with Crippen LogP contribution >= 0.6 is 22.7 Å². The van der Waals surface area contributed by atoms with Gasteiger partial charge in [0, 0.05) is 10.9 Å². The van der Waals surface area contributed by atoms with E-state index < -0.39 is 0 Å². The highest BCUT2D eigenvalue weighted by atomic mass is 32.1. The number of hydrogen-bond acceptors (Lipinski definition) is 6. The SMILES string of the molecule is COc1ccc(C)cc1-c1csc(NC(=O)CNC(=O)c2cccs2)n1. The summed E-state index contributed by atoms with van der Waals surface area (Å²) in [5, 5.41) is 9.43. The number of carbonyl (C=O) groups excluding carboxylic acids is 2. The van der Waals surface area contributed by atoms with E-state index in [0.717, 1.165) is 22.6 Å². The molecule has 0 spiro atoms. The molecular formula is C18H17N3O3S2. The number of aryl methyl sites for hydroxylation is 1. The minimum absolute atomic E-state index is 0.112. The van der Waals surface area contributed by atoms with Crippen molar-refractivity contribution in [1.82, 2.24) is 10.3 Å². The molecule has 3 rings (SSSR count). The van der Waals surface area contributed by atoms with Crippen molar-refractivity contribution < 1.29 is 14.3 Å². The van der Waals surface area contributed by atoms with Gasteiger partial charge in [-0.2, -0.15) is 0 Å². The Bertz CT molecular complexity index is 920. The van der Waals surface area contributed by atoms with Gasteiger partial charge in [0.2, 0.25) is 5.91 Å². The van der Waals surface area contributed by atoms with E-state index in [0.29, 0.717) is 10.0 Å². The first-order valence-corrected chi connectivity index (χ1v) is 9.55. The molecule has 0 aliphatic heterocycles. The molecule has 26 heavy (non-hydrogen) atoms. The number of nitrogens with zero attached hydrogens (tertiary/aromatic N) is 1. The zero-order chi connectivity index (χ0) is 18.5. The van der Waals surface area contributed by atoms with Crippen molar-refractivity contribution in [1.29, 1.82) is 0 Å². The van der Waals surface area contributed by atoms with Crippen LogP contribution in [0.2, 0.25) is 0 Å². The number of methoxy groups -OCH3 is 1. The summed E-state index contributed by atoms with van der Waals surface area (Å²) in [5.74, 6) is 0.133. The summed E-state index contributed by atoms with van der Waals surface area (Å²) in [6, 6.07) is 9.34. The van der Waals surface area contributed by atoms with Gasteiger partial charge in [-0.25, -0.2) is 4.98 Å². The summed E-state index contributed by atoms with van der Waals surface area (Å²) in [7, 11) is 1.61. The Morgan fingerprint density at radius 2 is 2.08 bits per heavy atom. The fourth-order valence-electron chi connectivity index (χ4n) is 2.30. The molecule has 0 fully saturated rings. The molecule has 134 valence electrons. The quantitative estimate of drug-likeness (QED) is 0.678. The molecule has 2 N–H and O–H groups in total. The van der Waals surface area contributed by atoms with E-state index in [2.05, 4.69) is 15.6 Å². The maximum absolute atomic E-state index is 12.0. The van der Waals surface area contributed by atoms with Crippen molar-refractivity contribution in [3.63, 3.8) is 0 Å². The molecule has 0 saturated heterocycles. The highest BCUT2D eigenvalue weighted by Crippen LogP contribution is 2.32. The molecule has 3 aromatic rings. The van der Waals surface area contributed by atoms with E-state index >= 15 is 0 Å². The zero-order valence-electron chi connectivity index (χ0n) is 14.2. The minimum Gasteiger partial charge on any atom is -0.496 e. The molecule has 0 saturated carbocycles. The normalized spacial score (nSPS) is 10.4. The number of carbonyl (C=O) groups is 2. The van der Waals surface area contributed by atoms with Crippen LogP contribution in [0.4, 0.5) is 5.13 Å². The summed E-state index contributed by atoms with van der Waals surface area (Å²) in [6.45, 7) is 1.88. The van der Waals surface area contributed by atoms with Crippen LogP contribution in [-0.4, -0.2) is 30.5 Å². The van der Waals surface area contributed by atoms with Gasteiger partial charge in [-0.3, -0.25) is 9.59 Å². The molecule has 0 radical (unpaired) electrons. The summed E-state index contributed by atoms with van der Waals surface area (Å²) in [4.78, 5) is 28.9. The minimum atomic E-state index is -0.327. The number of benzene rings is 1. The van der Waals surface area contributed by atoms with Gasteiger partial charge in [-0.15, -0.1) is 22.7 Å². The van der Waals surface area contributed by atoms with Crippen LogP contribution in [0.25, 0.3) is 11.3 Å². The van der Waals surface area contributed by atoms with Crippen LogP contribution < -0.4 is 15.4 Å². The van der Waals surface area contributed by atoms with Gasteiger partial charge in [0.1, 0.15) is 5.75 Å². The second-order valence-electron chi connectivity index (χ2n) is 5.45. The topological polar surface area (TPSA) is 80.3 Å². The van der Waals surface area contributed by atoms with Crippen molar-refractivity contribution in [2.75, 3.05) is 19.0 Å². The number of thiophene rings is 1. The molecule has 2 amide bonds. The summed E-state index contributed by atoms with van der Waals surface area (Å²) < 4.78 is 5.38. The molecule has 6 nitrogen and oxygen atoms in total. The van der Waals surface area contributed by atoms with Gasteiger partial charge in [-0.1, -0.05) is 17.7 Å². The van der Waals surface area contributed by atoms with Crippen molar-refractivity contribution in [2.24, 2.45) is 0 Å². The Balaban J connectivity index is 1.62. The van der Waals surface area contributed by atoms with E-state index in [-0.39, 0.29) is 18.4 Å². The van der Waals surface area contributed by atoms with Crippen molar-refractivity contribution in [2.45, 2.75) is 6.92 Å². The predicted octanol–water partition coefficient (Wildman–Crippen LogP) is 3.56. The molecule has 0 aliphatic carbocycles. The Labute approximate surface area is 158 Å². The fraction of sp³-hybridized carbons (Fsp3) is 0.167. The van der Waals surface area contributed by atoms with Crippen LogP contribution in [0, 0.1) is 6.92 Å². The van der Waals surface area contributed by atoms with Crippen LogP contribution in [0.15, 0.2) is 41.1 Å². The van der Waals surface area contributed by atoms with Crippen molar-refractivity contribution in [3.8, 4) is 17.0 Å². The Morgan fingerprint density at radius 1 is 1.23 bits per heavy atom. The largest absolute Gasteiger partial charge is 0.496 e. The molecule has 8 heteroatoms. The number of ether oxygens (including phenoxy) is 1. The number of nitrogens with one attached hydrogen (secondary N) is 2. The zero-order valence-corrected chi connectivity index (χ0v) is 15.9. The second kappa shape index (κ2) is 8.11. The number of thiazole rings is 1. The summed E-state index contributed by atoms with van der Waals surface area (Å²) in [6.07, 6.45) is 0. The number of amides is 2. The lowest BCUT2D eigenvalue weighted by atomic mass is 10.1. The number of aromatic nitrogens is 1. The number of hydrogen-bond donors (Lipinski definition) is 2. The van der Waals surface area contributed by atoms with E-state index in [9.17, 15) is 9.59 Å². The average molecular weight is 387 g/mol. The molecule has 2 heterocycles. The Hall–Kier alpha value is -2.71. The molecule has 2 aromatic heterocycles. The highest BCUT2D eigenvalue weighted by Gasteiger charge is 2.13. The lowest BCUT2D eigenvalue weighted by molar-refractivity contribution is -0.115. The number of rotatable bonds is 6. The molecule has 0 atom stereocenters. The average Bonchev–Trinajstić information content (AvgIpc) is 3.31. The third-order valence-corrected chi connectivity index (χ3v) is 5.16. The Kier molecular flexibility index (Phi) is 5.65. The first-order chi connectivity index (χ1) is 12.6. The first kappa shape index (κ1) is 18.1. The van der Waals surface area contributed by atoms with Gasteiger partial charge >= 0.3 is 0 Å². The van der Waals surface area contributed by atoms with E-state index in [1.165, 1.54) is 22.7 Å². The Morgan fingerprint density at radius 3 is 2.81 bits per heavy atom. The fourth-order valence-corrected chi connectivity index (χ4v) is 3.66. The standard InChI is InChI=1S/C18H17N3O3S2/c1-11-5-6-14(24-2)12(8-11)13-10-26-18(20-13)21-16(22)9-19-17(23)15-4-3-7-25-15/h3-8,10H,9H2,1-2H3,(H,19,23)(H,20,21,22). The molecule has 0 bridgehead atoms. The predicted molar refractivity (Wildman–Crippen MR) is 104 cm³/mol. The maximum Gasteiger partial charge on any atom is 0.261 e. The summed E-state index contributed by atoms with van der Waals surface area (Å²) >= 11 is 2.65. The van der Waals surface area contributed by atoms with Crippen LogP contribution in [-0.2, 0) is 4.79 Å². The van der Waals surface area contributed by atoms with E-state index in [1.54, 1.807) is 19.2 Å². The van der Waals surface area contributed by atoms with Gasteiger partial charge < -0.3 is 15.4 Å². The molecular weight excluding hydrogens is 370 g/mol. The lowest BCUT2D eigenvalue weighted by Crippen LogP contribution is -2.32. The smallest absolute Gasteiger partial charge is 0.261 e. The third kappa shape index (κ3) is 4.27.